The van der Waals surface area contributed by atoms with Gasteiger partial charge in [0.15, 0.2) is 0 Å². The molecule has 0 nitrogen and oxygen atoms in total. The van der Waals surface area contributed by atoms with Crippen molar-refractivity contribution in [2.24, 2.45) is 0 Å². The summed E-state index contributed by atoms with van der Waals surface area (Å²) in [6, 6.07) is 0. The highest BCUT2D eigenvalue weighted by Crippen LogP contribution is 2.21. The van der Waals surface area contributed by atoms with Gasteiger partial charge in [-0.1, -0.05) is 17.6 Å². The van der Waals surface area contributed by atoms with Crippen LogP contribution in [0, 0.1) is 6.92 Å². The fourth-order valence-electron chi connectivity index (χ4n) is 1.30. The first-order valence-electron chi connectivity index (χ1n) is 3.81. The van der Waals surface area contributed by atoms with Crippen LogP contribution in [0.4, 0.5) is 0 Å². The van der Waals surface area contributed by atoms with Gasteiger partial charge in [0.25, 0.3) is 0 Å². The molecule has 0 N–H and O–H groups in total. The Balaban J connectivity index is 2.55. The molecular weight excluding hydrogens is 108 g/mol. The van der Waals surface area contributed by atoms with Gasteiger partial charge in [-0.15, -0.1) is 0 Å². The second kappa shape index (κ2) is 3.05. The molecule has 0 heterocycles. The summed E-state index contributed by atoms with van der Waals surface area (Å²) < 4.78 is 0. The molecule has 0 atom stereocenters. The van der Waals surface area contributed by atoms with E-state index in [1.54, 1.807) is 0 Å². The highest BCUT2D eigenvalue weighted by molar-refractivity contribution is 5.15. The molecule has 0 aromatic heterocycles. The van der Waals surface area contributed by atoms with Crippen LogP contribution < -0.4 is 0 Å². The molecule has 0 aromatic rings. The van der Waals surface area contributed by atoms with E-state index in [2.05, 4.69) is 13.8 Å². The van der Waals surface area contributed by atoms with Crippen molar-refractivity contribution in [1.82, 2.24) is 0 Å². The average Bonchev–Trinajstić information content (AvgIpc) is 1.99. The molecule has 9 heavy (non-hydrogen) atoms. The zero-order valence-corrected chi connectivity index (χ0v) is 6.24. The molecule has 1 aliphatic rings. The average molecular weight is 123 g/mol. The molecular formula is C9H15. The van der Waals surface area contributed by atoms with Crippen molar-refractivity contribution >= 4 is 0 Å². The zero-order valence-electron chi connectivity index (χ0n) is 6.24. The lowest BCUT2D eigenvalue weighted by molar-refractivity contribution is 0.708. The van der Waals surface area contributed by atoms with Crippen molar-refractivity contribution in [3.8, 4) is 0 Å². The Morgan fingerprint density at radius 2 is 1.78 bits per heavy atom. The third-order valence-electron chi connectivity index (χ3n) is 2.13. The number of hydrogen-bond donors (Lipinski definition) is 0. The maximum absolute atomic E-state index is 4.02. The third kappa shape index (κ3) is 1.85. The van der Waals surface area contributed by atoms with Gasteiger partial charge in [-0.3, -0.25) is 0 Å². The fraction of sp³-hybridized carbons (Fsp3) is 0.667. The molecule has 1 aliphatic carbocycles. The number of rotatable bonds is 0. The Labute approximate surface area is 58.0 Å². The second-order valence-corrected chi connectivity index (χ2v) is 2.94. The Hall–Kier alpha value is -0.260. The van der Waals surface area contributed by atoms with Crippen molar-refractivity contribution in [3.63, 3.8) is 0 Å². The first-order valence-corrected chi connectivity index (χ1v) is 3.81. The largest absolute Gasteiger partial charge is 0.0741 e. The maximum atomic E-state index is 4.02. The monoisotopic (exact) mass is 123 g/mol. The van der Waals surface area contributed by atoms with Crippen LogP contribution in [0.3, 0.4) is 0 Å². The van der Waals surface area contributed by atoms with Crippen molar-refractivity contribution in [1.29, 1.82) is 0 Å². The Morgan fingerprint density at radius 3 is 2.56 bits per heavy atom. The lowest BCUT2D eigenvalue weighted by Gasteiger charge is -1.99. The standard InChI is InChI=1S/C9H15/c1-8-6-4-3-5-7-9(8)2/h1,3-7H2,2H3. The van der Waals surface area contributed by atoms with Crippen molar-refractivity contribution < 1.29 is 0 Å². The summed E-state index contributed by atoms with van der Waals surface area (Å²) in [5.41, 5.74) is 2.93. The van der Waals surface area contributed by atoms with E-state index in [0.717, 1.165) is 0 Å². The zero-order chi connectivity index (χ0) is 6.69. The topological polar surface area (TPSA) is 0 Å². The maximum Gasteiger partial charge on any atom is -0.0280 e. The molecule has 51 valence electrons. The van der Waals surface area contributed by atoms with Gasteiger partial charge in [0, 0.05) is 0 Å². The summed E-state index contributed by atoms with van der Waals surface area (Å²) in [5.74, 6) is 0. The lowest BCUT2D eigenvalue weighted by atomic mass is 10.1. The Kier molecular flexibility index (Phi) is 2.32. The molecule has 0 aromatic carbocycles. The molecule has 0 aliphatic heterocycles. The van der Waals surface area contributed by atoms with Crippen LogP contribution in [0.2, 0.25) is 0 Å². The van der Waals surface area contributed by atoms with Crippen LogP contribution in [0.25, 0.3) is 0 Å². The smallest absolute Gasteiger partial charge is 0.0280 e. The van der Waals surface area contributed by atoms with Gasteiger partial charge in [-0.2, -0.15) is 0 Å². The molecule has 1 rings (SSSR count). The summed E-state index contributed by atoms with van der Waals surface area (Å²) in [4.78, 5) is 0. The minimum atomic E-state index is 1.24. The normalized spacial score (nSPS) is 22.0. The van der Waals surface area contributed by atoms with Crippen molar-refractivity contribution in [2.45, 2.75) is 39.0 Å². The first kappa shape index (κ1) is 6.85. The van der Waals surface area contributed by atoms with Gasteiger partial charge in [0.2, 0.25) is 0 Å². The molecule has 0 unspecified atom stereocenters. The molecule has 0 heteroatoms. The van der Waals surface area contributed by atoms with Crippen LogP contribution >= 0.6 is 0 Å². The van der Waals surface area contributed by atoms with E-state index in [9.17, 15) is 0 Å². The van der Waals surface area contributed by atoms with Gasteiger partial charge in [0.05, 0.1) is 0 Å². The van der Waals surface area contributed by atoms with Crippen LogP contribution in [-0.2, 0) is 0 Å². The van der Waals surface area contributed by atoms with E-state index in [1.807, 2.05) is 0 Å². The molecule has 0 fully saturated rings. The first-order chi connectivity index (χ1) is 4.30. The molecule has 0 saturated carbocycles. The van der Waals surface area contributed by atoms with Crippen LogP contribution in [0.5, 0.6) is 0 Å². The fourth-order valence-corrected chi connectivity index (χ4v) is 1.30. The minimum absolute atomic E-state index is 1.24. The van der Waals surface area contributed by atoms with E-state index < -0.39 is 0 Å². The molecule has 0 bridgehead atoms. The van der Waals surface area contributed by atoms with Crippen LogP contribution in [0.15, 0.2) is 11.1 Å². The Morgan fingerprint density at radius 1 is 1.11 bits per heavy atom. The molecule has 1 radical (unpaired) electrons. The second-order valence-electron chi connectivity index (χ2n) is 2.94. The summed E-state index contributed by atoms with van der Waals surface area (Å²) in [7, 11) is 0. The van der Waals surface area contributed by atoms with E-state index in [0.29, 0.717) is 0 Å². The minimum Gasteiger partial charge on any atom is -0.0741 e. The van der Waals surface area contributed by atoms with Crippen LogP contribution in [0.1, 0.15) is 39.0 Å². The summed E-state index contributed by atoms with van der Waals surface area (Å²) in [6.07, 6.45) is 6.67. The van der Waals surface area contributed by atoms with Crippen molar-refractivity contribution in [3.05, 3.63) is 18.1 Å². The highest BCUT2D eigenvalue weighted by atomic mass is 14.1. The third-order valence-corrected chi connectivity index (χ3v) is 2.13. The highest BCUT2D eigenvalue weighted by Gasteiger charge is 2.02. The molecule has 0 saturated heterocycles. The van der Waals surface area contributed by atoms with Gasteiger partial charge in [-0.05, 0) is 39.5 Å². The molecule has 0 spiro atoms. The van der Waals surface area contributed by atoms with E-state index in [-0.39, 0.29) is 0 Å². The predicted octanol–water partition coefficient (Wildman–Crippen LogP) is 3.10. The quantitative estimate of drug-likeness (QED) is 0.464. The van der Waals surface area contributed by atoms with E-state index >= 15 is 0 Å². The Bertz CT molecular complexity index is 106. The number of allylic oxidation sites excluding steroid dienone is 2. The van der Waals surface area contributed by atoms with Crippen molar-refractivity contribution in [2.75, 3.05) is 0 Å². The molecule has 0 amide bonds. The summed E-state index contributed by atoms with van der Waals surface area (Å²) in [5, 5.41) is 0. The van der Waals surface area contributed by atoms with E-state index in [4.69, 9.17) is 0 Å². The van der Waals surface area contributed by atoms with E-state index in [1.165, 1.54) is 43.3 Å². The lowest BCUT2D eigenvalue weighted by Crippen LogP contribution is -1.79. The number of hydrogen-bond acceptors (Lipinski definition) is 0. The van der Waals surface area contributed by atoms with Crippen LogP contribution in [-0.4, -0.2) is 0 Å². The van der Waals surface area contributed by atoms with Gasteiger partial charge in [-0.25, -0.2) is 0 Å². The summed E-state index contributed by atoms with van der Waals surface area (Å²) >= 11 is 0. The van der Waals surface area contributed by atoms with Gasteiger partial charge >= 0.3 is 0 Å². The predicted molar refractivity (Wildman–Crippen MR) is 41.1 cm³/mol. The summed E-state index contributed by atoms with van der Waals surface area (Å²) in [6.45, 7) is 6.23. The van der Waals surface area contributed by atoms with Gasteiger partial charge in [0.1, 0.15) is 0 Å². The SMILES string of the molecule is [CH2]C1=C(C)CCCCC1. The van der Waals surface area contributed by atoms with Gasteiger partial charge < -0.3 is 0 Å².